The lowest BCUT2D eigenvalue weighted by atomic mass is 10.0. The molecular formula is C20H31N3O3S. The molecule has 2 heterocycles. The van der Waals surface area contributed by atoms with E-state index in [0.29, 0.717) is 31.2 Å². The highest BCUT2D eigenvalue weighted by atomic mass is 32.2. The van der Waals surface area contributed by atoms with E-state index in [9.17, 15) is 13.2 Å². The highest BCUT2D eigenvalue weighted by Crippen LogP contribution is 2.21. The number of carbonyl (C=O) groups excluding carboxylic acids is 1. The number of rotatable bonds is 7. The Labute approximate surface area is 163 Å². The van der Waals surface area contributed by atoms with Gasteiger partial charge in [-0.15, -0.1) is 0 Å². The Hall–Kier alpha value is -1.44. The van der Waals surface area contributed by atoms with E-state index < -0.39 is 10.0 Å². The zero-order valence-corrected chi connectivity index (χ0v) is 17.0. The van der Waals surface area contributed by atoms with Crippen molar-refractivity contribution in [3.8, 4) is 0 Å². The molecule has 1 atom stereocenters. The molecule has 2 aliphatic rings. The molecule has 1 amide bonds. The highest BCUT2D eigenvalue weighted by molar-refractivity contribution is 7.89. The number of nitrogens with zero attached hydrogens (tertiary/aromatic N) is 2. The van der Waals surface area contributed by atoms with Gasteiger partial charge in [0.25, 0.3) is 5.91 Å². The predicted octanol–water partition coefficient (Wildman–Crippen LogP) is 2.47. The lowest BCUT2D eigenvalue weighted by molar-refractivity contribution is 0.0948. The fourth-order valence-electron chi connectivity index (χ4n) is 3.95. The third-order valence-corrected chi connectivity index (χ3v) is 7.54. The van der Waals surface area contributed by atoms with Crippen LogP contribution in [0.2, 0.25) is 0 Å². The van der Waals surface area contributed by atoms with Gasteiger partial charge in [-0.1, -0.05) is 12.5 Å². The summed E-state index contributed by atoms with van der Waals surface area (Å²) < 4.78 is 26.8. The van der Waals surface area contributed by atoms with E-state index in [1.807, 2.05) is 0 Å². The van der Waals surface area contributed by atoms with Gasteiger partial charge >= 0.3 is 0 Å². The van der Waals surface area contributed by atoms with E-state index in [0.717, 1.165) is 32.4 Å². The number of amides is 1. The minimum absolute atomic E-state index is 0.208. The molecule has 1 aromatic rings. The van der Waals surface area contributed by atoms with E-state index in [-0.39, 0.29) is 10.8 Å². The number of hydrogen-bond donors (Lipinski definition) is 1. The monoisotopic (exact) mass is 393 g/mol. The van der Waals surface area contributed by atoms with Gasteiger partial charge in [-0.05, 0) is 63.8 Å². The van der Waals surface area contributed by atoms with Crippen molar-refractivity contribution < 1.29 is 13.2 Å². The molecule has 2 saturated heterocycles. The van der Waals surface area contributed by atoms with Gasteiger partial charge in [0.15, 0.2) is 0 Å². The number of hydrogen-bond acceptors (Lipinski definition) is 4. The van der Waals surface area contributed by atoms with Crippen LogP contribution in [0.5, 0.6) is 0 Å². The van der Waals surface area contributed by atoms with Crippen molar-refractivity contribution in [1.82, 2.24) is 14.5 Å². The van der Waals surface area contributed by atoms with Crippen LogP contribution in [0.1, 0.15) is 55.8 Å². The number of carbonyl (C=O) groups is 1. The first-order chi connectivity index (χ1) is 13.0. The van der Waals surface area contributed by atoms with E-state index in [4.69, 9.17) is 0 Å². The van der Waals surface area contributed by atoms with Crippen LogP contribution in [0.25, 0.3) is 0 Å². The molecule has 0 spiro atoms. The minimum Gasteiger partial charge on any atom is -0.352 e. The minimum atomic E-state index is -3.49. The predicted molar refractivity (Wildman–Crippen MR) is 106 cm³/mol. The van der Waals surface area contributed by atoms with E-state index in [2.05, 4.69) is 17.1 Å². The van der Waals surface area contributed by atoms with Crippen molar-refractivity contribution in [3.05, 3.63) is 29.8 Å². The van der Waals surface area contributed by atoms with Gasteiger partial charge in [-0.25, -0.2) is 8.42 Å². The molecular weight excluding hydrogens is 362 g/mol. The molecule has 1 aromatic carbocycles. The van der Waals surface area contributed by atoms with Crippen molar-refractivity contribution in [3.63, 3.8) is 0 Å². The number of sulfonamides is 1. The van der Waals surface area contributed by atoms with Crippen molar-refractivity contribution in [2.45, 2.75) is 56.4 Å². The lowest BCUT2D eigenvalue weighted by Crippen LogP contribution is -2.39. The average Bonchev–Trinajstić information content (AvgIpc) is 3.22. The Morgan fingerprint density at radius 1 is 1.15 bits per heavy atom. The van der Waals surface area contributed by atoms with E-state index >= 15 is 0 Å². The standard InChI is InChI=1S/C20H31N3O3S/c1-17-8-2-3-12-22(17)13-7-11-21-20(24)18-9-6-10-19(16-18)27(25,26)23-14-4-5-15-23/h6,9-10,16-17H,2-5,7-8,11-15H2,1H3,(H,21,24)/t17-/m0/s1. The molecule has 0 bridgehead atoms. The van der Waals surface area contributed by atoms with Gasteiger partial charge in [-0.2, -0.15) is 4.31 Å². The maximum Gasteiger partial charge on any atom is 0.251 e. The van der Waals surface area contributed by atoms with Crippen LogP contribution in [0.4, 0.5) is 0 Å². The van der Waals surface area contributed by atoms with Crippen LogP contribution in [0.3, 0.4) is 0 Å². The summed E-state index contributed by atoms with van der Waals surface area (Å²) in [6.07, 6.45) is 6.52. The van der Waals surface area contributed by atoms with Crippen LogP contribution in [0.15, 0.2) is 29.2 Å². The first-order valence-corrected chi connectivity index (χ1v) is 11.5. The summed E-state index contributed by atoms with van der Waals surface area (Å²) in [7, 11) is -3.49. The zero-order valence-electron chi connectivity index (χ0n) is 16.2. The van der Waals surface area contributed by atoms with Crippen LogP contribution in [-0.4, -0.2) is 62.3 Å². The Bertz CT molecular complexity index is 745. The molecule has 7 heteroatoms. The number of piperidine rings is 1. The van der Waals surface area contributed by atoms with Crippen molar-refractivity contribution in [2.75, 3.05) is 32.7 Å². The topological polar surface area (TPSA) is 69.7 Å². The second-order valence-electron chi connectivity index (χ2n) is 7.63. The molecule has 1 N–H and O–H groups in total. The van der Waals surface area contributed by atoms with Gasteiger partial charge in [0, 0.05) is 37.8 Å². The highest BCUT2D eigenvalue weighted by Gasteiger charge is 2.27. The second kappa shape index (κ2) is 9.17. The van der Waals surface area contributed by atoms with E-state index in [1.165, 1.54) is 29.6 Å². The molecule has 0 aromatic heterocycles. The molecule has 2 aliphatic heterocycles. The fourth-order valence-corrected chi connectivity index (χ4v) is 5.51. The molecule has 0 saturated carbocycles. The Balaban J connectivity index is 1.52. The third-order valence-electron chi connectivity index (χ3n) is 5.65. The molecule has 0 radical (unpaired) electrons. The van der Waals surface area contributed by atoms with Crippen LogP contribution >= 0.6 is 0 Å². The first-order valence-electron chi connectivity index (χ1n) is 10.1. The summed E-state index contributed by atoms with van der Waals surface area (Å²) in [6, 6.07) is 7.01. The largest absolute Gasteiger partial charge is 0.352 e. The van der Waals surface area contributed by atoms with Crippen LogP contribution in [-0.2, 0) is 10.0 Å². The van der Waals surface area contributed by atoms with Crippen molar-refractivity contribution >= 4 is 15.9 Å². The van der Waals surface area contributed by atoms with Gasteiger partial charge in [0.2, 0.25) is 10.0 Å². The SMILES string of the molecule is C[C@H]1CCCCN1CCCNC(=O)c1cccc(S(=O)(=O)N2CCCC2)c1. The van der Waals surface area contributed by atoms with E-state index in [1.54, 1.807) is 18.2 Å². The maximum atomic E-state index is 12.7. The number of nitrogens with one attached hydrogen (secondary N) is 1. The first kappa shape index (κ1) is 20.3. The molecule has 6 nitrogen and oxygen atoms in total. The summed E-state index contributed by atoms with van der Waals surface area (Å²) in [5.41, 5.74) is 0.404. The van der Waals surface area contributed by atoms with Crippen molar-refractivity contribution in [2.24, 2.45) is 0 Å². The van der Waals surface area contributed by atoms with Gasteiger partial charge < -0.3 is 10.2 Å². The average molecular weight is 394 g/mol. The summed E-state index contributed by atoms with van der Waals surface area (Å²) in [5, 5.41) is 2.93. The smallest absolute Gasteiger partial charge is 0.251 e. The molecule has 0 aliphatic carbocycles. The Morgan fingerprint density at radius 3 is 2.63 bits per heavy atom. The molecule has 0 unspecified atom stereocenters. The molecule has 2 fully saturated rings. The Morgan fingerprint density at radius 2 is 1.89 bits per heavy atom. The fraction of sp³-hybridized carbons (Fsp3) is 0.650. The van der Waals surface area contributed by atoms with Gasteiger partial charge in [-0.3, -0.25) is 4.79 Å². The van der Waals surface area contributed by atoms with Crippen molar-refractivity contribution in [1.29, 1.82) is 0 Å². The van der Waals surface area contributed by atoms with Crippen LogP contribution < -0.4 is 5.32 Å². The lowest BCUT2D eigenvalue weighted by Gasteiger charge is -2.33. The summed E-state index contributed by atoms with van der Waals surface area (Å²) in [5.74, 6) is -0.208. The summed E-state index contributed by atoms with van der Waals surface area (Å²) in [6.45, 7) is 6.13. The number of likely N-dealkylation sites (tertiary alicyclic amines) is 1. The summed E-state index contributed by atoms with van der Waals surface area (Å²) in [4.78, 5) is 15.1. The number of benzene rings is 1. The second-order valence-corrected chi connectivity index (χ2v) is 9.57. The van der Waals surface area contributed by atoms with Crippen LogP contribution in [0, 0.1) is 0 Å². The quantitative estimate of drug-likeness (QED) is 0.723. The third kappa shape index (κ3) is 5.09. The summed E-state index contributed by atoms with van der Waals surface area (Å²) >= 11 is 0. The molecule has 150 valence electrons. The van der Waals surface area contributed by atoms with Gasteiger partial charge in [0.1, 0.15) is 0 Å². The molecule has 3 rings (SSSR count). The molecule has 27 heavy (non-hydrogen) atoms. The Kier molecular flexibility index (Phi) is 6.89. The zero-order chi connectivity index (χ0) is 19.3. The maximum absolute atomic E-state index is 12.7. The van der Waals surface area contributed by atoms with Gasteiger partial charge in [0.05, 0.1) is 4.90 Å². The normalized spacial score (nSPS) is 22.0.